The first-order chi connectivity index (χ1) is 16.0. The van der Waals surface area contributed by atoms with Crippen molar-refractivity contribution in [3.8, 4) is 5.75 Å². The van der Waals surface area contributed by atoms with Crippen molar-refractivity contribution in [2.45, 2.75) is 25.3 Å². The van der Waals surface area contributed by atoms with Crippen molar-refractivity contribution in [1.29, 1.82) is 0 Å². The van der Waals surface area contributed by atoms with Crippen molar-refractivity contribution in [3.05, 3.63) is 40.5 Å². The number of hydrogen-bond donors (Lipinski definition) is 1. The molecule has 0 bridgehead atoms. The van der Waals surface area contributed by atoms with Crippen LogP contribution in [0.5, 0.6) is 5.75 Å². The van der Waals surface area contributed by atoms with Crippen molar-refractivity contribution >= 4 is 45.1 Å². The summed E-state index contributed by atoms with van der Waals surface area (Å²) in [5.74, 6) is -2.29. The van der Waals surface area contributed by atoms with Crippen LogP contribution in [0.3, 0.4) is 0 Å². The number of anilines is 1. The van der Waals surface area contributed by atoms with Crippen LogP contribution in [0.1, 0.15) is 34.6 Å². The van der Waals surface area contributed by atoms with Gasteiger partial charge in [0, 0.05) is 30.8 Å². The SMILES string of the molecule is CCN(CC)C(=O)c1cc2n(nc1Cl)c(N)n[n+]2CC(=O)c1cc(OC)cc(S(F)(F)(F)(F)F)c1. The molecular weight excluding hydrogens is 523 g/mol. The third kappa shape index (κ3) is 5.40. The molecule has 0 radical (unpaired) electrons. The summed E-state index contributed by atoms with van der Waals surface area (Å²) in [6.45, 7) is 3.55. The van der Waals surface area contributed by atoms with E-state index in [0.29, 0.717) is 13.1 Å². The smallest absolute Gasteiger partial charge is 0.355 e. The van der Waals surface area contributed by atoms with Crippen molar-refractivity contribution in [2.75, 3.05) is 25.9 Å². The van der Waals surface area contributed by atoms with Gasteiger partial charge in [-0.3, -0.25) is 9.59 Å². The normalized spacial score (nSPS) is 13.9. The van der Waals surface area contributed by atoms with Gasteiger partial charge in [0.1, 0.15) is 10.6 Å². The van der Waals surface area contributed by atoms with Crippen LogP contribution in [0.15, 0.2) is 29.2 Å². The third-order valence-corrected chi connectivity index (χ3v) is 6.47. The number of nitrogen functional groups attached to an aromatic ring is 1. The first-order valence-corrected chi connectivity index (χ1v) is 12.3. The molecule has 35 heavy (non-hydrogen) atoms. The standard InChI is InChI=1S/C19H20ClF5N6O3S/c1-4-29(5-2)18(33)14-9-16-30(28-19(26)31(16)27-17(14)20)10-15(32)11-6-12(34-3)8-13(7-11)35(21,22,23,24)25/h6-9H,4-5,10H2,1-3H3,(H-,26,27,28,33)/p+1. The fourth-order valence-corrected chi connectivity index (χ4v) is 4.16. The number of ether oxygens (including phenoxy) is 1. The van der Waals surface area contributed by atoms with Gasteiger partial charge >= 0.3 is 21.8 Å². The molecule has 0 fully saturated rings. The van der Waals surface area contributed by atoms with Crippen LogP contribution in [0.4, 0.5) is 25.4 Å². The fourth-order valence-electron chi connectivity index (χ4n) is 3.26. The number of amides is 1. The molecule has 0 aliphatic heterocycles. The van der Waals surface area contributed by atoms with E-state index in [-0.39, 0.29) is 34.4 Å². The number of hydrogen-bond acceptors (Lipinski definition) is 6. The highest BCUT2D eigenvalue weighted by Gasteiger charge is 2.65. The minimum Gasteiger partial charge on any atom is -0.497 e. The van der Waals surface area contributed by atoms with Crippen LogP contribution in [0.25, 0.3) is 5.65 Å². The number of carbonyl (C=O) groups is 2. The Balaban J connectivity index is 2.08. The van der Waals surface area contributed by atoms with E-state index < -0.39 is 44.7 Å². The molecule has 2 aromatic heterocycles. The van der Waals surface area contributed by atoms with Crippen molar-refractivity contribution in [1.82, 2.24) is 19.6 Å². The maximum atomic E-state index is 13.4. The molecule has 0 aliphatic carbocycles. The largest absolute Gasteiger partial charge is 0.497 e. The molecule has 1 aromatic carbocycles. The van der Waals surface area contributed by atoms with Gasteiger partial charge in [0.25, 0.3) is 5.91 Å². The van der Waals surface area contributed by atoms with Crippen LogP contribution in [-0.2, 0) is 6.54 Å². The highest BCUT2D eigenvalue weighted by Crippen LogP contribution is 3.02. The second kappa shape index (κ2) is 8.19. The quantitative estimate of drug-likeness (QED) is 0.258. The molecule has 2 N–H and O–H groups in total. The lowest BCUT2D eigenvalue weighted by atomic mass is 10.1. The first-order valence-electron chi connectivity index (χ1n) is 9.99. The van der Waals surface area contributed by atoms with Crippen LogP contribution >= 0.6 is 21.8 Å². The maximum absolute atomic E-state index is 13.4. The molecule has 192 valence electrons. The van der Waals surface area contributed by atoms with E-state index in [0.717, 1.165) is 22.4 Å². The van der Waals surface area contributed by atoms with Crippen LogP contribution < -0.4 is 15.2 Å². The van der Waals surface area contributed by atoms with Gasteiger partial charge in [-0.2, -0.15) is 0 Å². The first kappa shape index (κ1) is 26.4. The molecule has 0 saturated heterocycles. The van der Waals surface area contributed by atoms with Gasteiger partial charge in [-0.1, -0.05) is 40.6 Å². The Hall–Kier alpha value is -3.20. The Kier molecular flexibility index (Phi) is 6.18. The summed E-state index contributed by atoms with van der Waals surface area (Å²) >= 11 is 6.13. The van der Waals surface area contributed by atoms with Crippen LogP contribution in [0.2, 0.25) is 5.15 Å². The molecule has 0 saturated carbocycles. The summed E-state index contributed by atoms with van der Waals surface area (Å²) in [5, 5.41) is 7.72. The number of ketones is 1. The number of methoxy groups -OCH3 is 1. The maximum Gasteiger partial charge on any atom is 0.355 e. The molecule has 0 unspecified atom stereocenters. The zero-order valence-electron chi connectivity index (χ0n) is 18.6. The van der Waals surface area contributed by atoms with E-state index in [1.54, 1.807) is 13.8 Å². The van der Waals surface area contributed by atoms with E-state index in [2.05, 4.69) is 14.9 Å². The number of halogens is 6. The van der Waals surface area contributed by atoms with E-state index in [9.17, 15) is 29.0 Å². The number of rotatable bonds is 8. The Morgan fingerprint density at radius 1 is 1.14 bits per heavy atom. The molecule has 3 aromatic rings. The van der Waals surface area contributed by atoms with Gasteiger partial charge in [0.15, 0.2) is 11.7 Å². The molecule has 2 heterocycles. The Morgan fingerprint density at radius 3 is 2.31 bits per heavy atom. The Morgan fingerprint density at radius 2 is 1.77 bits per heavy atom. The summed E-state index contributed by atoms with van der Waals surface area (Å²) in [6.07, 6.45) is 0. The van der Waals surface area contributed by atoms with Crippen molar-refractivity contribution in [3.63, 3.8) is 0 Å². The van der Waals surface area contributed by atoms with Gasteiger partial charge in [0.05, 0.1) is 12.7 Å². The van der Waals surface area contributed by atoms with Gasteiger partial charge in [-0.05, 0) is 31.1 Å². The number of aromatic nitrogens is 4. The van der Waals surface area contributed by atoms with Crippen LogP contribution in [0, 0.1) is 0 Å². The van der Waals surface area contributed by atoms with Gasteiger partial charge < -0.3 is 15.4 Å². The molecule has 0 atom stereocenters. The highest BCUT2D eigenvalue weighted by atomic mass is 35.5. The average Bonchev–Trinajstić information content (AvgIpc) is 3.06. The number of nitrogens with zero attached hydrogens (tertiary/aromatic N) is 5. The highest BCUT2D eigenvalue weighted by molar-refractivity contribution is 8.45. The Labute approximate surface area is 200 Å². The molecule has 1 amide bonds. The monoisotopic (exact) mass is 543 g/mol. The number of fused-ring (bicyclic) bond motifs is 1. The minimum atomic E-state index is -10.1. The lowest BCUT2D eigenvalue weighted by Crippen LogP contribution is -2.41. The summed E-state index contributed by atoms with van der Waals surface area (Å²) in [7, 11) is -9.13. The Bertz CT molecular complexity index is 1350. The topological polar surface area (TPSA) is 107 Å². The predicted molar refractivity (Wildman–Crippen MR) is 119 cm³/mol. The summed E-state index contributed by atoms with van der Waals surface area (Å²) in [4.78, 5) is 24.8. The lowest BCUT2D eigenvalue weighted by molar-refractivity contribution is -0.714. The number of nitrogens with two attached hydrogens (primary N) is 1. The summed E-state index contributed by atoms with van der Waals surface area (Å²) < 4.78 is 73.5. The van der Waals surface area contributed by atoms with Crippen LogP contribution in [-0.4, -0.2) is 51.5 Å². The third-order valence-electron chi connectivity index (χ3n) is 5.06. The molecular formula is C19H21ClF5N6O3S+. The molecule has 0 aliphatic rings. The van der Waals surface area contributed by atoms with Gasteiger partial charge in [-0.15, -0.1) is 4.68 Å². The number of carbonyl (C=O) groups excluding carboxylic acids is 2. The summed E-state index contributed by atoms with van der Waals surface area (Å²) in [6, 6.07) is 2.34. The molecule has 9 nitrogen and oxygen atoms in total. The molecule has 3 rings (SSSR count). The molecule has 0 spiro atoms. The fraction of sp³-hybridized carbons (Fsp3) is 0.316. The van der Waals surface area contributed by atoms with Gasteiger partial charge in [-0.25, -0.2) is 0 Å². The van der Waals surface area contributed by atoms with E-state index >= 15 is 0 Å². The van der Waals surface area contributed by atoms with E-state index in [4.69, 9.17) is 17.3 Å². The van der Waals surface area contributed by atoms with Gasteiger partial charge in [0.2, 0.25) is 5.78 Å². The van der Waals surface area contributed by atoms with Crippen molar-refractivity contribution < 1.29 is 38.4 Å². The zero-order chi connectivity index (χ0) is 26.4. The van der Waals surface area contributed by atoms with E-state index in [1.165, 1.54) is 11.0 Å². The second-order valence-electron chi connectivity index (χ2n) is 7.40. The zero-order valence-corrected chi connectivity index (χ0v) is 20.2. The minimum absolute atomic E-state index is 0.0199. The number of benzene rings is 1. The van der Waals surface area contributed by atoms with Crippen molar-refractivity contribution in [2.24, 2.45) is 0 Å². The lowest BCUT2D eigenvalue weighted by Gasteiger charge is -2.40. The average molecular weight is 544 g/mol. The number of Topliss-reactive ketones (excluding diaryl/α,β-unsaturated/α-hetero) is 1. The summed E-state index contributed by atoms with van der Waals surface area (Å²) in [5.41, 5.74) is 5.11. The van der Waals surface area contributed by atoms with E-state index in [1.807, 2.05) is 0 Å². The second-order valence-corrected chi connectivity index (χ2v) is 10.2. The predicted octanol–water partition coefficient (Wildman–Crippen LogP) is 4.28. The molecule has 16 heteroatoms.